The van der Waals surface area contributed by atoms with Crippen molar-refractivity contribution in [3.8, 4) is 0 Å². The van der Waals surface area contributed by atoms with Crippen LogP contribution < -0.4 is 0 Å². The molecule has 0 aliphatic heterocycles. The first-order valence-electron chi connectivity index (χ1n) is 6.35. The molecule has 100 valence electrons. The summed E-state index contributed by atoms with van der Waals surface area (Å²) in [6, 6.07) is 13.3. The Bertz CT molecular complexity index is 795. The van der Waals surface area contributed by atoms with E-state index in [1.54, 1.807) is 6.07 Å². The van der Waals surface area contributed by atoms with E-state index >= 15 is 0 Å². The molecule has 20 heavy (non-hydrogen) atoms. The highest BCUT2D eigenvalue weighted by Gasteiger charge is 2.15. The lowest BCUT2D eigenvalue weighted by Gasteiger charge is -2.01. The highest BCUT2D eigenvalue weighted by Crippen LogP contribution is 2.24. The third-order valence-electron chi connectivity index (χ3n) is 3.20. The number of ketones is 1. The molecule has 1 heterocycles. The molecule has 0 bridgehead atoms. The lowest BCUT2D eigenvalue weighted by atomic mass is 10.1. The minimum atomic E-state index is -0.0942. The number of halogens is 1. The second-order valence-electron chi connectivity index (χ2n) is 5.00. The van der Waals surface area contributed by atoms with Gasteiger partial charge in [0.2, 0.25) is 5.78 Å². The van der Waals surface area contributed by atoms with Crippen molar-refractivity contribution in [1.29, 1.82) is 0 Å². The summed E-state index contributed by atoms with van der Waals surface area (Å²) < 4.78 is 6.55. The van der Waals surface area contributed by atoms with E-state index < -0.39 is 0 Å². The van der Waals surface area contributed by atoms with E-state index in [1.165, 1.54) is 0 Å². The number of carbonyl (C=O) groups is 1. The molecule has 0 atom stereocenters. The van der Waals surface area contributed by atoms with Crippen LogP contribution in [0, 0.1) is 13.8 Å². The number of aryl methyl sites for hydroxylation is 2. The van der Waals surface area contributed by atoms with Crippen molar-refractivity contribution in [3.05, 3.63) is 69.4 Å². The molecule has 0 N–H and O–H groups in total. The summed E-state index contributed by atoms with van der Waals surface area (Å²) in [5.74, 6) is 0.284. The topological polar surface area (TPSA) is 30.2 Å². The van der Waals surface area contributed by atoms with E-state index in [0.29, 0.717) is 11.3 Å². The number of hydrogen-bond acceptors (Lipinski definition) is 2. The van der Waals surface area contributed by atoms with Crippen LogP contribution in [0.15, 0.2) is 51.4 Å². The third-order valence-corrected chi connectivity index (χ3v) is 3.66. The molecule has 3 rings (SSSR count). The molecule has 0 saturated carbocycles. The van der Waals surface area contributed by atoms with Crippen LogP contribution >= 0.6 is 15.9 Å². The van der Waals surface area contributed by atoms with E-state index in [1.807, 2.05) is 50.2 Å². The van der Waals surface area contributed by atoms with E-state index in [2.05, 4.69) is 15.9 Å². The molecule has 3 heteroatoms. The SMILES string of the molecule is Cc1cc(Br)cc(C(=O)c2cc3cc(C)ccc3o2)c1. The van der Waals surface area contributed by atoms with Gasteiger partial charge in [-0.2, -0.15) is 0 Å². The van der Waals surface area contributed by atoms with Gasteiger partial charge in [0.05, 0.1) is 0 Å². The predicted octanol–water partition coefficient (Wildman–Crippen LogP) is 5.04. The summed E-state index contributed by atoms with van der Waals surface area (Å²) in [5, 5.41) is 0.958. The van der Waals surface area contributed by atoms with Crippen LogP contribution in [0.3, 0.4) is 0 Å². The molecule has 0 aliphatic rings. The van der Waals surface area contributed by atoms with Gasteiger partial charge in [-0.05, 0) is 55.8 Å². The van der Waals surface area contributed by atoms with Crippen molar-refractivity contribution in [3.63, 3.8) is 0 Å². The molecule has 0 fully saturated rings. The predicted molar refractivity (Wildman–Crippen MR) is 83.3 cm³/mol. The van der Waals surface area contributed by atoms with Crippen LogP contribution in [0.2, 0.25) is 0 Å². The van der Waals surface area contributed by atoms with Crippen molar-refractivity contribution in [2.45, 2.75) is 13.8 Å². The summed E-state index contributed by atoms with van der Waals surface area (Å²) in [7, 11) is 0. The maximum atomic E-state index is 12.5. The molecule has 2 aromatic carbocycles. The molecule has 0 unspecified atom stereocenters. The monoisotopic (exact) mass is 328 g/mol. The molecule has 0 spiro atoms. The van der Waals surface area contributed by atoms with Gasteiger partial charge in [0.1, 0.15) is 5.58 Å². The van der Waals surface area contributed by atoms with Crippen molar-refractivity contribution in [2.24, 2.45) is 0 Å². The fraction of sp³-hybridized carbons (Fsp3) is 0.118. The van der Waals surface area contributed by atoms with Crippen LogP contribution in [-0.4, -0.2) is 5.78 Å². The van der Waals surface area contributed by atoms with Crippen molar-refractivity contribution >= 4 is 32.7 Å². The smallest absolute Gasteiger partial charge is 0.228 e. The second kappa shape index (κ2) is 4.91. The average molecular weight is 329 g/mol. The standard InChI is InChI=1S/C17H13BrO2/c1-10-3-4-15-12(5-10)9-16(20-15)17(19)13-6-11(2)7-14(18)8-13/h3-9H,1-2H3. The largest absolute Gasteiger partial charge is 0.453 e. The Morgan fingerprint density at radius 2 is 1.80 bits per heavy atom. The summed E-state index contributed by atoms with van der Waals surface area (Å²) in [4.78, 5) is 12.5. The molecule has 1 aromatic heterocycles. The van der Waals surface area contributed by atoms with Crippen LogP contribution in [0.5, 0.6) is 0 Å². The fourth-order valence-electron chi connectivity index (χ4n) is 2.28. The van der Waals surface area contributed by atoms with Crippen LogP contribution in [0.1, 0.15) is 27.2 Å². The maximum Gasteiger partial charge on any atom is 0.228 e. The Morgan fingerprint density at radius 1 is 1.00 bits per heavy atom. The Balaban J connectivity index is 2.07. The van der Waals surface area contributed by atoms with E-state index in [9.17, 15) is 4.79 Å². The summed E-state index contributed by atoms with van der Waals surface area (Å²) in [6.07, 6.45) is 0. The third kappa shape index (κ3) is 2.41. The average Bonchev–Trinajstić information content (AvgIpc) is 2.79. The highest BCUT2D eigenvalue weighted by atomic mass is 79.9. The minimum Gasteiger partial charge on any atom is -0.453 e. The van der Waals surface area contributed by atoms with Crippen LogP contribution in [0.4, 0.5) is 0 Å². The minimum absolute atomic E-state index is 0.0942. The Kier molecular flexibility index (Phi) is 3.22. The van der Waals surface area contributed by atoms with Gasteiger partial charge in [0, 0.05) is 15.4 Å². The summed E-state index contributed by atoms with van der Waals surface area (Å²) >= 11 is 3.42. The normalized spacial score (nSPS) is 10.9. The number of fused-ring (bicyclic) bond motifs is 1. The summed E-state index contributed by atoms with van der Waals surface area (Å²) in [5.41, 5.74) is 3.56. The van der Waals surface area contributed by atoms with E-state index in [0.717, 1.165) is 26.6 Å². The number of carbonyl (C=O) groups excluding carboxylic acids is 1. The Hall–Kier alpha value is -1.87. The van der Waals surface area contributed by atoms with Gasteiger partial charge in [-0.25, -0.2) is 0 Å². The Morgan fingerprint density at radius 3 is 2.55 bits per heavy atom. The van der Waals surface area contributed by atoms with Crippen LogP contribution in [0.25, 0.3) is 11.0 Å². The Labute approximate surface area is 125 Å². The van der Waals surface area contributed by atoms with Gasteiger partial charge in [0.25, 0.3) is 0 Å². The number of hydrogen-bond donors (Lipinski definition) is 0. The molecule has 0 amide bonds. The zero-order valence-electron chi connectivity index (χ0n) is 11.2. The van der Waals surface area contributed by atoms with Crippen LogP contribution in [-0.2, 0) is 0 Å². The second-order valence-corrected chi connectivity index (χ2v) is 5.91. The molecular formula is C17H13BrO2. The zero-order chi connectivity index (χ0) is 14.3. The van der Waals surface area contributed by atoms with Gasteiger partial charge in [-0.1, -0.05) is 27.6 Å². The quantitative estimate of drug-likeness (QED) is 0.616. The zero-order valence-corrected chi connectivity index (χ0v) is 12.8. The maximum absolute atomic E-state index is 12.5. The fourth-order valence-corrected chi connectivity index (χ4v) is 2.89. The van der Waals surface area contributed by atoms with Gasteiger partial charge in [-0.3, -0.25) is 4.79 Å². The summed E-state index contributed by atoms with van der Waals surface area (Å²) in [6.45, 7) is 3.98. The number of benzene rings is 2. The van der Waals surface area contributed by atoms with Crippen molar-refractivity contribution in [2.75, 3.05) is 0 Å². The first-order chi connectivity index (χ1) is 9.52. The van der Waals surface area contributed by atoms with E-state index in [-0.39, 0.29) is 5.78 Å². The van der Waals surface area contributed by atoms with Gasteiger partial charge in [0.15, 0.2) is 5.76 Å². The molecule has 0 aliphatic carbocycles. The van der Waals surface area contributed by atoms with Crippen molar-refractivity contribution in [1.82, 2.24) is 0 Å². The van der Waals surface area contributed by atoms with Crippen molar-refractivity contribution < 1.29 is 9.21 Å². The number of furan rings is 1. The molecule has 3 aromatic rings. The highest BCUT2D eigenvalue weighted by molar-refractivity contribution is 9.10. The van der Waals surface area contributed by atoms with Gasteiger partial charge in [-0.15, -0.1) is 0 Å². The first kappa shape index (κ1) is 13.1. The lowest BCUT2D eigenvalue weighted by Crippen LogP contribution is -1.99. The molecular weight excluding hydrogens is 316 g/mol. The van der Waals surface area contributed by atoms with E-state index in [4.69, 9.17) is 4.42 Å². The first-order valence-corrected chi connectivity index (χ1v) is 7.14. The molecule has 0 radical (unpaired) electrons. The molecule has 2 nitrogen and oxygen atoms in total. The molecule has 0 saturated heterocycles. The number of rotatable bonds is 2. The lowest BCUT2D eigenvalue weighted by molar-refractivity contribution is 0.101. The van der Waals surface area contributed by atoms with Gasteiger partial charge >= 0.3 is 0 Å². The van der Waals surface area contributed by atoms with Gasteiger partial charge < -0.3 is 4.42 Å².